The highest BCUT2D eigenvalue weighted by Crippen LogP contribution is 2.42. The topological polar surface area (TPSA) is 153 Å². The molecule has 3 unspecified atom stereocenters. The molecule has 60 heavy (non-hydrogen) atoms. The molecule has 4 atom stereocenters. The van der Waals surface area contributed by atoms with Crippen molar-refractivity contribution >= 4 is 63.9 Å². The first-order chi connectivity index (χ1) is 28.8. The van der Waals surface area contributed by atoms with Crippen LogP contribution in [0.4, 0.5) is 10.1 Å². The molecule has 2 bridgehead atoms. The van der Waals surface area contributed by atoms with Gasteiger partial charge in [-0.15, -0.1) is 21.5 Å². The summed E-state index contributed by atoms with van der Waals surface area (Å²) in [7, 11) is 0. The lowest BCUT2D eigenvalue weighted by molar-refractivity contribution is -0.136. The van der Waals surface area contributed by atoms with Gasteiger partial charge in [0, 0.05) is 72.3 Å². The van der Waals surface area contributed by atoms with Crippen molar-refractivity contribution in [2.24, 2.45) is 10.9 Å². The number of hydrogen-bond acceptors (Lipinski definition) is 11. The molecule has 17 heteroatoms. The highest BCUT2D eigenvalue weighted by atomic mass is 35.5. The van der Waals surface area contributed by atoms with Crippen molar-refractivity contribution in [3.05, 3.63) is 91.6 Å². The van der Waals surface area contributed by atoms with Gasteiger partial charge in [-0.05, 0) is 82.2 Å². The Kier molecular flexibility index (Phi) is 9.52. The van der Waals surface area contributed by atoms with Gasteiger partial charge in [-0.1, -0.05) is 23.7 Å². The van der Waals surface area contributed by atoms with E-state index in [9.17, 15) is 24.0 Å². The molecule has 7 aliphatic rings. The molecule has 11 rings (SSSR count). The molecule has 5 fully saturated rings. The molecule has 5 saturated heterocycles. The maximum Gasteiger partial charge on any atom is 0.262 e. The van der Waals surface area contributed by atoms with Gasteiger partial charge in [-0.3, -0.25) is 48.6 Å². The van der Waals surface area contributed by atoms with E-state index in [2.05, 4.69) is 38.8 Å². The summed E-state index contributed by atoms with van der Waals surface area (Å²) in [4.78, 5) is 78.6. The highest BCUT2D eigenvalue weighted by molar-refractivity contribution is 7.15. The molecular weight excluding hydrogens is 809 g/mol. The second-order valence-electron chi connectivity index (χ2n) is 16.9. The Balaban J connectivity index is 0.783. The molecular formula is C43H43ClFN9O5S. The summed E-state index contributed by atoms with van der Waals surface area (Å²) in [5.74, 6) is -1.25. The number of benzene rings is 2. The van der Waals surface area contributed by atoms with Crippen LogP contribution in [0, 0.1) is 32.5 Å². The number of amides is 5. The van der Waals surface area contributed by atoms with E-state index < -0.39 is 41.5 Å². The molecule has 310 valence electrons. The van der Waals surface area contributed by atoms with E-state index in [0.717, 1.165) is 70.0 Å². The van der Waals surface area contributed by atoms with Crippen molar-refractivity contribution in [3.63, 3.8) is 0 Å². The molecule has 1 N–H and O–H groups in total. The number of piperazine rings is 1. The maximum atomic E-state index is 15.7. The Morgan fingerprint density at radius 1 is 0.950 bits per heavy atom. The number of aliphatic imine (C=N–C) groups is 1. The molecule has 0 saturated carbocycles. The Morgan fingerprint density at radius 2 is 1.65 bits per heavy atom. The van der Waals surface area contributed by atoms with Gasteiger partial charge in [-0.2, -0.15) is 0 Å². The lowest BCUT2D eigenvalue weighted by atomic mass is 9.84. The number of imide groups is 2. The summed E-state index contributed by atoms with van der Waals surface area (Å²) >= 11 is 7.96. The third kappa shape index (κ3) is 6.36. The van der Waals surface area contributed by atoms with E-state index in [1.165, 1.54) is 10.9 Å². The number of piperidine rings is 3. The van der Waals surface area contributed by atoms with Gasteiger partial charge in [0.05, 0.1) is 28.9 Å². The van der Waals surface area contributed by atoms with Gasteiger partial charge in [0.25, 0.3) is 11.8 Å². The number of carbonyl (C=O) groups excluding carboxylic acids is 5. The number of fused-ring (bicyclic) bond motifs is 6. The number of hydrogen-bond donors (Lipinski definition) is 1. The zero-order chi connectivity index (χ0) is 41.7. The molecule has 2 aromatic heterocycles. The molecule has 7 aliphatic heterocycles. The standard InChI is InChI=1S/C43H43ClFN9O5S/c1-21-22(2)60-43-37(21)38(25-4-6-26(44)7-5-25)46-32(39-49-48-23(3)53(39)43)17-36(56)50-12-10-24(11-13-50)18-52-27-14-28(52)20-51(19-27)34-16-30-29(15-31(34)45)41(58)54(42(30)59)33-8-9-35(55)47-40(33)57/h4-7,15-16,24,27-28,32-33H,8-14,17-20H2,1-3H3,(H,47,55,57)/t27?,28?,32-,33?/m0/s1. The number of nitrogens with one attached hydrogen (secondary N) is 1. The van der Waals surface area contributed by atoms with Crippen molar-refractivity contribution in [2.75, 3.05) is 37.6 Å². The number of halogens is 2. The third-order valence-electron chi connectivity index (χ3n) is 13.4. The van der Waals surface area contributed by atoms with Crippen LogP contribution in [0.25, 0.3) is 5.00 Å². The third-order valence-corrected chi connectivity index (χ3v) is 14.8. The molecule has 9 heterocycles. The summed E-state index contributed by atoms with van der Waals surface area (Å²) in [6.07, 6.45) is 2.97. The van der Waals surface area contributed by atoms with Gasteiger partial charge in [0.15, 0.2) is 5.82 Å². The average molecular weight is 852 g/mol. The fourth-order valence-electron chi connectivity index (χ4n) is 9.99. The Morgan fingerprint density at radius 3 is 2.35 bits per heavy atom. The molecule has 2 aromatic carbocycles. The Labute approximate surface area is 354 Å². The molecule has 0 radical (unpaired) electrons. The first-order valence-corrected chi connectivity index (χ1v) is 21.7. The summed E-state index contributed by atoms with van der Waals surface area (Å²) in [5, 5.41) is 12.9. The monoisotopic (exact) mass is 851 g/mol. The predicted octanol–water partition coefficient (Wildman–Crippen LogP) is 4.93. The van der Waals surface area contributed by atoms with Crippen LogP contribution in [-0.2, 0) is 14.4 Å². The van der Waals surface area contributed by atoms with Crippen LogP contribution >= 0.6 is 22.9 Å². The largest absolute Gasteiger partial charge is 0.366 e. The van der Waals surface area contributed by atoms with Gasteiger partial charge >= 0.3 is 0 Å². The number of nitrogens with zero attached hydrogens (tertiary/aromatic N) is 8. The number of likely N-dealkylation sites (tertiary alicyclic amines) is 1. The van der Waals surface area contributed by atoms with Crippen molar-refractivity contribution in [1.29, 1.82) is 0 Å². The van der Waals surface area contributed by atoms with E-state index >= 15 is 4.39 Å². The average Bonchev–Trinajstić information content (AvgIpc) is 3.80. The van der Waals surface area contributed by atoms with Crippen LogP contribution < -0.4 is 10.2 Å². The quantitative estimate of drug-likeness (QED) is 0.255. The van der Waals surface area contributed by atoms with Crippen LogP contribution in [-0.4, -0.2) is 116 Å². The van der Waals surface area contributed by atoms with Crippen molar-refractivity contribution in [2.45, 2.75) is 83.5 Å². The number of rotatable bonds is 7. The SMILES string of the molecule is Cc1sc2c(c1C)C(c1ccc(Cl)cc1)=N[C@@H](CC(=O)N1CCC(CN3C4CC3CN(c3cc5c(cc3F)C(=O)N(C3CCC(=O)NC3=O)C5=O)C4)CC1)c1nnc(C)n1-2. The first-order valence-electron chi connectivity index (χ1n) is 20.5. The number of carbonyl (C=O) groups is 5. The lowest BCUT2D eigenvalue weighted by Crippen LogP contribution is -2.69. The van der Waals surface area contributed by atoms with Gasteiger partial charge < -0.3 is 9.80 Å². The van der Waals surface area contributed by atoms with E-state index in [1.807, 2.05) is 41.0 Å². The fourth-order valence-corrected chi connectivity index (χ4v) is 11.3. The second kappa shape index (κ2) is 14.7. The Hall–Kier alpha value is -5.32. The number of thiophene rings is 1. The minimum Gasteiger partial charge on any atom is -0.366 e. The minimum atomic E-state index is -1.11. The van der Waals surface area contributed by atoms with Crippen LogP contribution in [0.15, 0.2) is 41.4 Å². The Bertz CT molecular complexity index is 2530. The molecule has 14 nitrogen and oxygen atoms in total. The number of aromatic nitrogens is 3. The summed E-state index contributed by atoms with van der Waals surface area (Å²) < 4.78 is 17.7. The smallest absolute Gasteiger partial charge is 0.262 e. The van der Waals surface area contributed by atoms with Crippen LogP contribution in [0.5, 0.6) is 0 Å². The molecule has 5 amide bonds. The van der Waals surface area contributed by atoms with Crippen molar-refractivity contribution in [3.8, 4) is 5.00 Å². The van der Waals surface area contributed by atoms with Gasteiger partial charge in [-0.25, -0.2) is 4.39 Å². The number of anilines is 1. The zero-order valence-electron chi connectivity index (χ0n) is 33.4. The van der Waals surface area contributed by atoms with E-state index in [0.29, 0.717) is 42.9 Å². The summed E-state index contributed by atoms with van der Waals surface area (Å²) in [6, 6.07) is 9.02. The van der Waals surface area contributed by atoms with E-state index in [1.54, 1.807) is 11.3 Å². The van der Waals surface area contributed by atoms with Gasteiger partial charge in [0.2, 0.25) is 17.7 Å². The first kappa shape index (κ1) is 38.9. The normalized spacial score (nSPS) is 24.1. The fraction of sp³-hybridized carbons (Fsp3) is 0.442. The van der Waals surface area contributed by atoms with Crippen LogP contribution in [0.2, 0.25) is 5.02 Å². The lowest BCUT2D eigenvalue weighted by Gasteiger charge is -2.58. The number of aryl methyl sites for hydroxylation is 2. The van der Waals surface area contributed by atoms with Crippen LogP contribution in [0.1, 0.15) is 98.5 Å². The summed E-state index contributed by atoms with van der Waals surface area (Å²) in [5.41, 5.74) is 4.20. The van der Waals surface area contributed by atoms with Crippen molar-refractivity contribution in [1.82, 2.24) is 34.8 Å². The van der Waals surface area contributed by atoms with E-state index in [-0.39, 0.29) is 54.1 Å². The second-order valence-corrected chi connectivity index (χ2v) is 18.5. The van der Waals surface area contributed by atoms with Crippen molar-refractivity contribution < 1.29 is 28.4 Å². The highest BCUT2D eigenvalue weighted by Gasteiger charge is 2.48. The summed E-state index contributed by atoms with van der Waals surface area (Å²) in [6.45, 7) is 9.51. The van der Waals surface area contributed by atoms with E-state index in [4.69, 9.17) is 16.6 Å². The molecule has 0 aliphatic carbocycles. The van der Waals surface area contributed by atoms with Crippen LogP contribution in [0.3, 0.4) is 0 Å². The predicted molar refractivity (Wildman–Crippen MR) is 221 cm³/mol. The maximum absolute atomic E-state index is 15.7. The van der Waals surface area contributed by atoms with Gasteiger partial charge in [0.1, 0.15) is 28.7 Å². The molecule has 4 aromatic rings. The molecule has 0 spiro atoms. The zero-order valence-corrected chi connectivity index (χ0v) is 35.0. The minimum absolute atomic E-state index is 0.0128.